The predicted octanol–water partition coefficient (Wildman–Crippen LogP) is 2.28. The molecule has 0 fully saturated rings. The second-order valence-electron chi connectivity index (χ2n) is 2.10. The van der Waals surface area contributed by atoms with Crippen LogP contribution < -0.4 is 0 Å². The molecule has 0 heterocycles. The number of rotatable bonds is 5. The van der Waals surface area contributed by atoms with Crippen molar-refractivity contribution in [3.63, 3.8) is 0 Å². The van der Waals surface area contributed by atoms with Gasteiger partial charge in [0.15, 0.2) is 0 Å². The van der Waals surface area contributed by atoms with E-state index < -0.39 is 12.8 Å². The summed E-state index contributed by atoms with van der Waals surface area (Å²) in [6.45, 7) is -0.973. The third-order valence-electron chi connectivity index (χ3n) is 0.963. The molecule has 0 saturated carbocycles. The first-order valence-electron chi connectivity index (χ1n) is 3.31. The molecule has 0 saturated heterocycles. The molecule has 0 radical (unpaired) electrons. The molecule has 11 heavy (non-hydrogen) atoms. The molecule has 5 heteroatoms. The molecule has 0 aliphatic carbocycles. The number of unbranched alkanes of at least 4 members (excludes halogenated alkanes) is 1. The van der Waals surface area contributed by atoms with Crippen molar-refractivity contribution >= 4 is 12.6 Å². The van der Waals surface area contributed by atoms with Crippen molar-refractivity contribution in [3.8, 4) is 0 Å². The minimum absolute atomic E-state index is 0.167. The summed E-state index contributed by atoms with van der Waals surface area (Å²) in [4.78, 5) is 0. The fraction of sp³-hybridized carbons (Fsp3) is 1.00. The van der Waals surface area contributed by atoms with Gasteiger partial charge in [0.05, 0.1) is 0 Å². The van der Waals surface area contributed by atoms with Gasteiger partial charge in [0.2, 0.25) is 0 Å². The maximum absolute atomic E-state index is 11.4. The normalized spacial score (nSPS) is 12.0. The van der Waals surface area contributed by atoms with Crippen LogP contribution in [-0.4, -0.2) is 25.1 Å². The molecule has 0 aliphatic heterocycles. The summed E-state index contributed by atoms with van der Waals surface area (Å²) in [5.41, 5.74) is 0. The molecule has 0 aromatic carbocycles. The van der Waals surface area contributed by atoms with Crippen molar-refractivity contribution in [2.24, 2.45) is 0 Å². The van der Waals surface area contributed by atoms with Gasteiger partial charge in [-0.1, -0.05) is 0 Å². The molecule has 0 amide bonds. The zero-order valence-electron chi connectivity index (χ0n) is 6.02. The van der Waals surface area contributed by atoms with E-state index in [2.05, 4.69) is 17.4 Å². The third kappa shape index (κ3) is 10.1. The highest BCUT2D eigenvalue weighted by Crippen LogP contribution is 2.14. The standard InChI is InChI=1S/C6H11F3OS/c7-6(8,9)5-10-3-1-2-4-11/h11H,1-5H2. The lowest BCUT2D eigenvalue weighted by Crippen LogP contribution is -2.17. The Kier molecular flexibility index (Phi) is 5.76. The highest BCUT2D eigenvalue weighted by Gasteiger charge is 2.26. The molecule has 0 N–H and O–H groups in total. The zero-order chi connectivity index (χ0) is 8.74. The van der Waals surface area contributed by atoms with E-state index in [1.165, 1.54) is 0 Å². The first kappa shape index (κ1) is 11.1. The number of ether oxygens (including phenoxy) is 1. The van der Waals surface area contributed by atoms with Crippen LogP contribution in [0.2, 0.25) is 0 Å². The number of hydrogen-bond acceptors (Lipinski definition) is 2. The molecule has 0 spiro atoms. The first-order valence-corrected chi connectivity index (χ1v) is 3.95. The van der Waals surface area contributed by atoms with Crippen LogP contribution in [0.3, 0.4) is 0 Å². The average Bonchev–Trinajstić information content (AvgIpc) is 1.85. The van der Waals surface area contributed by atoms with Crippen molar-refractivity contribution in [3.05, 3.63) is 0 Å². The molecular weight excluding hydrogens is 177 g/mol. The van der Waals surface area contributed by atoms with Crippen molar-refractivity contribution in [1.29, 1.82) is 0 Å². The molecular formula is C6H11F3OS. The molecule has 0 unspecified atom stereocenters. The van der Waals surface area contributed by atoms with E-state index in [0.717, 1.165) is 6.42 Å². The van der Waals surface area contributed by atoms with Crippen LogP contribution in [-0.2, 0) is 4.74 Å². The van der Waals surface area contributed by atoms with E-state index >= 15 is 0 Å². The predicted molar refractivity (Wildman–Crippen MR) is 40.0 cm³/mol. The highest BCUT2D eigenvalue weighted by atomic mass is 32.1. The van der Waals surface area contributed by atoms with Crippen LogP contribution in [0.15, 0.2) is 0 Å². The van der Waals surface area contributed by atoms with Gasteiger partial charge in [0.25, 0.3) is 0 Å². The lowest BCUT2D eigenvalue weighted by atomic mass is 10.4. The SMILES string of the molecule is FC(F)(F)COCCCCS. The Hall–Kier alpha value is 0.100. The molecule has 0 rings (SSSR count). The number of alkyl halides is 3. The van der Waals surface area contributed by atoms with Crippen LogP contribution in [0.25, 0.3) is 0 Å². The Balaban J connectivity index is 3.02. The van der Waals surface area contributed by atoms with E-state index in [9.17, 15) is 13.2 Å². The van der Waals surface area contributed by atoms with Gasteiger partial charge < -0.3 is 4.74 Å². The minimum atomic E-state index is -4.19. The molecule has 1 nitrogen and oxygen atoms in total. The van der Waals surface area contributed by atoms with Crippen molar-refractivity contribution in [2.45, 2.75) is 19.0 Å². The Morgan fingerprint density at radius 3 is 2.27 bits per heavy atom. The Bertz CT molecular complexity index is 94.3. The van der Waals surface area contributed by atoms with Crippen LogP contribution in [0.4, 0.5) is 13.2 Å². The summed E-state index contributed by atoms with van der Waals surface area (Å²) in [5, 5.41) is 0. The Morgan fingerprint density at radius 2 is 1.82 bits per heavy atom. The van der Waals surface area contributed by atoms with E-state index in [0.29, 0.717) is 12.2 Å². The van der Waals surface area contributed by atoms with Gasteiger partial charge >= 0.3 is 6.18 Å². The smallest absolute Gasteiger partial charge is 0.372 e. The van der Waals surface area contributed by atoms with E-state index in [1.54, 1.807) is 0 Å². The summed E-state index contributed by atoms with van der Waals surface area (Å²) in [6, 6.07) is 0. The summed E-state index contributed by atoms with van der Waals surface area (Å²) < 4.78 is 38.6. The lowest BCUT2D eigenvalue weighted by Gasteiger charge is -2.06. The lowest BCUT2D eigenvalue weighted by molar-refractivity contribution is -0.174. The van der Waals surface area contributed by atoms with E-state index in [-0.39, 0.29) is 6.61 Å². The summed E-state index contributed by atoms with van der Waals surface area (Å²) in [7, 11) is 0. The summed E-state index contributed by atoms with van der Waals surface area (Å²) >= 11 is 3.90. The highest BCUT2D eigenvalue weighted by molar-refractivity contribution is 7.80. The third-order valence-corrected chi connectivity index (χ3v) is 1.28. The topological polar surface area (TPSA) is 9.23 Å². The summed E-state index contributed by atoms with van der Waals surface area (Å²) in [5.74, 6) is 0.690. The molecule has 0 aromatic heterocycles. The number of hydrogen-bond donors (Lipinski definition) is 1. The number of halogens is 3. The van der Waals surface area contributed by atoms with Crippen LogP contribution >= 0.6 is 12.6 Å². The summed E-state index contributed by atoms with van der Waals surface area (Å²) in [6.07, 6.45) is -2.76. The Morgan fingerprint density at radius 1 is 1.18 bits per heavy atom. The zero-order valence-corrected chi connectivity index (χ0v) is 6.92. The fourth-order valence-electron chi connectivity index (χ4n) is 0.504. The molecule has 68 valence electrons. The first-order chi connectivity index (χ1) is 5.06. The molecule has 0 aromatic rings. The van der Waals surface area contributed by atoms with E-state index in [4.69, 9.17) is 0 Å². The average molecular weight is 188 g/mol. The maximum atomic E-state index is 11.4. The van der Waals surface area contributed by atoms with Gasteiger partial charge in [0, 0.05) is 6.61 Å². The van der Waals surface area contributed by atoms with Gasteiger partial charge in [-0.2, -0.15) is 25.8 Å². The van der Waals surface area contributed by atoms with Gasteiger partial charge in [-0.15, -0.1) is 0 Å². The Labute approximate surface area is 69.3 Å². The second kappa shape index (κ2) is 5.71. The maximum Gasteiger partial charge on any atom is 0.411 e. The minimum Gasteiger partial charge on any atom is -0.372 e. The molecule has 0 aliphatic rings. The van der Waals surface area contributed by atoms with Crippen molar-refractivity contribution in [2.75, 3.05) is 19.0 Å². The fourth-order valence-corrected chi connectivity index (χ4v) is 0.727. The monoisotopic (exact) mass is 188 g/mol. The van der Waals surface area contributed by atoms with Gasteiger partial charge in [-0.3, -0.25) is 0 Å². The van der Waals surface area contributed by atoms with Crippen molar-refractivity contribution in [1.82, 2.24) is 0 Å². The van der Waals surface area contributed by atoms with Crippen LogP contribution in [0.1, 0.15) is 12.8 Å². The van der Waals surface area contributed by atoms with Crippen LogP contribution in [0, 0.1) is 0 Å². The second-order valence-corrected chi connectivity index (χ2v) is 2.55. The van der Waals surface area contributed by atoms with E-state index in [1.807, 2.05) is 0 Å². The molecule has 0 atom stereocenters. The van der Waals surface area contributed by atoms with Crippen LogP contribution in [0.5, 0.6) is 0 Å². The largest absolute Gasteiger partial charge is 0.411 e. The van der Waals surface area contributed by atoms with Crippen molar-refractivity contribution < 1.29 is 17.9 Å². The van der Waals surface area contributed by atoms with Gasteiger partial charge in [-0.05, 0) is 18.6 Å². The van der Waals surface area contributed by atoms with Gasteiger partial charge in [-0.25, -0.2) is 0 Å². The van der Waals surface area contributed by atoms with Gasteiger partial charge in [0.1, 0.15) is 6.61 Å². The quantitative estimate of drug-likeness (QED) is 0.514. The number of thiol groups is 1. The molecule has 0 bridgehead atoms.